The highest BCUT2D eigenvalue weighted by molar-refractivity contribution is 9.10. The second-order valence-corrected chi connectivity index (χ2v) is 12.2. The Bertz CT molecular complexity index is 1360. The van der Waals surface area contributed by atoms with Gasteiger partial charge in [-0.25, -0.2) is 16.8 Å². The number of halogens is 4. The Hall–Kier alpha value is -2.21. The number of sulfone groups is 1. The molecule has 0 spiro atoms. The minimum absolute atomic E-state index is 0.139. The van der Waals surface area contributed by atoms with Gasteiger partial charge in [0.25, 0.3) is 0 Å². The molecule has 0 unspecified atom stereocenters. The highest BCUT2D eigenvalue weighted by atomic mass is 79.9. The Morgan fingerprint density at radius 2 is 1.39 bits per heavy atom. The molecule has 33 heavy (non-hydrogen) atoms. The van der Waals surface area contributed by atoms with Crippen molar-refractivity contribution >= 4 is 35.8 Å². The van der Waals surface area contributed by atoms with Gasteiger partial charge in [-0.3, -0.25) is 0 Å². The standard InChI is InChI=1S/C22H19BrF3NO4S2/c1-32(28,29)21-7-3-5-19(13-21)18-10-8-16(9-11-18)14-27(33(30,31)22(24,25)26)15-17-4-2-6-20(23)12-17/h2-13H,14-15H2,1H3. The van der Waals surface area contributed by atoms with Gasteiger partial charge in [-0.2, -0.15) is 17.5 Å². The first-order valence-corrected chi connectivity index (χ1v) is 13.6. The zero-order valence-electron chi connectivity index (χ0n) is 17.3. The van der Waals surface area contributed by atoms with Crippen molar-refractivity contribution in [3.05, 3.63) is 88.4 Å². The zero-order chi connectivity index (χ0) is 24.4. The number of rotatable bonds is 7. The van der Waals surface area contributed by atoms with Gasteiger partial charge in [-0.1, -0.05) is 64.5 Å². The lowest BCUT2D eigenvalue weighted by molar-refractivity contribution is -0.0493. The van der Waals surface area contributed by atoms with Crippen LogP contribution in [0.5, 0.6) is 0 Å². The molecule has 0 aromatic heterocycles. The van der Waals surface area contributed by atoms with Crippen LogP contribution >= 0.6 is 15.9 Å². The maximum Gasteiger partial charge on any atom is 0.511 e. The third-order valence-corrected chi connectivity index (χ3v) is 7.92. The van der Waals surface area contributed by atoms with Gasteiger partial charge < -0.3 is 0 Å². The quantitative estimate of drug-likeness (QED) is 0.388. The number of nitrogens with zero attached hydrogens (tertiary/aromatic N) is 1. The third-order valence-electron chi connectivity index (χ3n) is 4.79. The molecule has 0 bridgehead atoms. The summed E-state index contributed by atoms with van der Waals surface area (Å²) in [6.07, 6.45) is 1.09. The minimum Gasteiger partial charge on any atom is -0.224 e. The van der Waals surface area contributed by atoms with E-state index in [-0.39, 0.29) is 4.90 Å². The Morgan fingerprint density at radius 3 is 1.97 bits per heavy atom. The molecule has 0 aliphatic rings. The Balaban J connectivity index is 1.90. The van der Waals surface area contributed by atoms with Crippen LogP contribution in [0.2, 0.25) is 0 Å². The number of alkyl halides is 3. The van der Waals surface area contributed by atoms with E-state index >= 15 is 0 Å². The molecule has 0 fully saturated rings. The predicted molar refractivity (Wildman–Crippen MR) is 123 cm³/mol. The molecule has 0 heterocycles. The molecule has 3 rings (SSSR count). The molecule has 3 aromatic carbocycles. The Morgan fingerprint density at radius 1 is 0.788 bits per heavy atom. The van der Waals surface area contributed by atoms with Gasteiger partial charge in [0.15, 0.2) is 9.84 Å². The van der Waals surface area contributed by atoms with Crippen LogP contribution in [-0.2, 0) is 33.0 Å². The van der Waals surface area contributed by atoms with Crippen molar-refractivity contribution in [2.24, 2.45) is 0 Å². The fraction of sp³-hybridized carbons (Fsp3) is 0.182. The molecule has 0 amide bonds. The van der Waals surface area contributed by atoms with Gasteiger partial charge in [0, 0.05) is 23.8 Å². The van der Waals surface area contributed by atoms with E-state index in [1.807, 2.05) is 0 Å². The summed E-state index contributed by atoms with van der Waals surface area (Å²) in [7, 11) is -8.98. The average molecular weight is 562 g/mol. The van der Waals surface area contributed by atoms with E-state index in [1.165, 1.54) is 24.3 Å². The summed E-state index contributed by atoms with van der Waals surface area (Å²) in [5, 5.41) is 0. The molecule has 0 N–H and O–H groups in total. The van der Waals surface area contributed by atoms with Crippen LogP contribution in [0.15, 0.2) is 82.2 Å². The topological polar surface area (TPSA) is 71.5 Å². The molecule has 0 atom stereocenters. The van der Waals surface area contributed by atoms with Gasteiger partial charge in [0.05, 0.1) is 4.90 Å². The Kier molecular flexibility index (Phi) is 7.37. The molecule has 0 saturated heterocycles. The summed E-state index contributed by atoms with van der Waals surface area (Å²) in [6.45, 7) is -0.947. The number of hydrogen-bond acceptors (Lipinski definition) is 4. The van der Waals surface area contributed by atoms with E-state index in [1.54, 1.807) is 48.5 Å². The first-order valence-electron chi connectivity index (χ1n) is 9.48. The molecular formula is C22H19BrF3NO4S2. The van der Waals surface area contributed by atoms with Crippen molar-refractivity contribution in [2.75, 3.05) is 6.26 Å². The third kappa shape index (κ3) is 6.23. The molecule has 0 aliphatic heterocycles. The average Bonchev–Trinajstić information content (AvgIpc) is 2.72. The van der Waals surface area contributed by atoms with E-state index in [0.29, 0.717) is 31.0 Å². The second-order valence-electron chi connectivity index (χ2n) is 7.35. The van der Waals surface area contributed by atoms with Crippen LogP contribution in [0.3, 0.4) is 0 Å². The highest BCUT2D eigenvalue weighted by Gasteiger charge is 2.49. The molecular weight excluding hydrogens is 543 g/mol. The molecule has 176 valence electrons. The fourth-order valence-electron chi connectivity index (χ4n) is 3.12. The lowest BCUT2D eigenvalue weighted by Gasteiger charge is -2.23. The fourth-order valence-corrected chi connectivity index (χ4v) is 5.17. The van der Waals surface area contributed by atoms with Crippen LogP contribution in [0.1, 0.15) is 11.1 Å². The van der Waals surface area contributed by atoms with Crippen molar-refractivity contribution in [1.29, 1.82) is 0 Å². The largest absolute Gasteiger partial charge is 0.511 e. The number of hydrogen-bond donors (Lipinski definition) is 0. The molecule has 5 nitrogen and oxygen atoms in total. The van der Waals surface area contributed by atoms with Crippen molar-refractivity contribution in [1.82, 2.24) is 4.31 Å². The van der Waals surface area contributed by atoms with Crippen molar-refractivity contribution in [2.45, 2.75) is 23.5 Å². The van der Waals surface area contributed by atoms with Gasteiger partial charge >= 0.3 is 15.5 Å². The summed E-state index contributed by atoms with van der Waals surface area (Å²) in [5.41, 5.74) is -3.45. The van der Waals surface area contributed by atoms with Gasteiger partial charge in [0.1, 0.15) is 0 Å². The SMILES string of the molecule is CS(=O)(=O)c1cccc(-c2ccc(CN(Cc3cccc(Br)c3)S(=O)(=O)C(F)(F)F)cc2)c1. The van der Waals surface area contributed by atoms with Gasteiger partial charge in [0.2, 0.25) is 0 Å². The second kappa shape index (κ2) is 9.57. The maximum atomic E-state index is 13.3. The van der Waals surface area contributed by atoms with Crippen molar-refractivity contribution in [3.63, 3.8) is 0 Å². The Labute approximate surface area is 199 Å². The van der Waals surface area contributed by atoms with Crippen molar-refractivity contribution in [3.8, 4) is 11.1 Å². The number of sulfonamides is 1. The molecule has 3 aromatic rings. The van der Waals surface area contributed by atoms with Crippen LogP contribution < -0.4 is 0 Å². The van der Waals surface area contributed by atoms with Crippen LogP contribution in [0, 0.1) is 0 Å². The summed E-state index contributed by atoms with van der Waals surface area (Å²) < 4.78 is 88.9. The predicted octanol–water partition coefficient (Wildman–Crippen LogP) is 5.37. The normalized spacial score (nSPS) is 12.8. The van der Waals surface area contributed by atoms with Crippen LogP contribution in [0.25, 0.3) is 11.1 Å². The summed E-state index contributed by atoms with van der Waals surface area (Å²) in [5.74, 6) is 0. The molecule has 0 aliphatic carbocycles. The maximum absolute atomic E-state index is 13.3. The smallest absolute Gasteiger partial charge is 0.224 e. The first kappa shape index (κ1) is 25.4. The van der Waals surface area contributed by atoms with E-state index in [9.17, 15) is 30.0 Å². The van der Waals surface area contributed by atoms with Gasteiger partial charge in [-0.15, -0.1) is 0 Å². The monoisotopic (exact) mass is 561 g/mol. The van der Waals surface area contributed by atoms with E-state index < -0.39 is 38.5 Å². The molecule has 0 saturated carbocycles. The van der Waals surface area contributed by atoms with Crippen LogP contribution in [0.4, 0.5) is 13.2 Å². The summed E-state index contributed by atoms with van der Waals surface area (Å²) >= 11 is 3.23. The highest BCUT2D eigenvalue weighted by Crippen LogP contribution is 2.30. The lowest BCUT2D eigenvalue weighted by Crippen LogP contribution is -2.39. The molecule has 11 heteroatoms. The summed E-state index contributed by atoms with van der Waals surface area (Å²) in [4.78, 5) is 0.139. The zero-order valence-corrected chi connectivity index (χ0v) is 20.5. The summed E-state index contributed by atoms with van der Waals surface area (Å²) in [6, 6.07) is 18.9. The van der Waals surface area contributed by atoms with E-state index in [4.69, 9.17) is 0 Å². The first-order chi connectivity index (χ1) is 15.3. The lowest BCUT2D eigenvalue weighted by atomic mass is 10.0. The van der Waals surface area contributed by atoms with Crippen molar-refractivity contribution < 1.29 is 30.0 Å². The number of benzene rings is 3. The van der Waals surface area contributed by atoms with Crippen LogP contribution in [-0.4, -0.2) is 32.9 Å². The minimum atomic E-state index is -5.58. The van der Waals surface area contributed by atoms with E-state index in [0.717, 1.165) is 6.26 Å². The van der Waals surface area contributed by atoms with Gasteiger partial charge in [-0.05, 0) is 46.5 Å². The van der Waals surface area contributed by atoms with E-state index in [2.05, 4.69) is 15.9 Å². The molecule has 0 radical (unpaired) electrons.